The average molecular weight is 235 g/mol. The molecule has 0 aliphatic carbocycles. The van der Waals surface area contributed by atoms with Crippen molar-refractivity contribution in [2.75, 3.05) is 19.8 Å². The number of ether oxygens (including phenoxy) is 1. The van der Waals surface area contributed by atoms with E-state index in [0.717, 1.165) is 50.4 Å². The van der Waals surface area contributed by atoms with Gasteiger partial charge in [0.05, 0.1) is 0 Å². The molecule has 0 amide bonds. The second kappa shape index (κ2) is 6.07. The van der Waals surface area contributed by atoms with E-state index in [-0.39, 0.29) is 0 Å². The molecule has 0 atom stereocenters. The zero-order valence-corrected chi connectivity index (χ0v) is 10.5. The van der Waals surface area contributed by atoms with Crippen molar-refractivity contribution >= 4 is 0 Å². The molecule has 1 aliphatic heterocycles. The van der Waals surface area contributed by atoms with Gasteiger partial charge >= 0.3 is 0 Å². The monoisotopic (exact) mass is 235 g/mol. The molecule has 2 N–H and O–H groups in total. The molecule has 0 radical (unpaired) electrons. The highest BCUT2D eigenvalue weighted by Crippen LogP contribution is 2.25. The summed E-state index contributed by atoms with van der Waals surface area (Å²) in [4.78, 5) is 9.14. The first kappa shape index (κ1) is 12.5. The Morgan fingerprint density at radius 3 is 2.82 bits per heavy atom. The molecule has 0 aromatic carbocycles. The van der Waals surface area contributed by atoms with E-state index in [1.807, 2.05) is 6.92 Å². The summed E-state index contributed by atoms with van der Waals surface area (Å²) in [5.41, 5.74) is 7.77. The third-order valence-corrected chi connectivity index (χ3v) is 3.16. The van der Waals surface area contributed by atoms with E-state index in [1.165, 1.54) is 5.69 Å². The van der Waals surface area contributed by atoms with Crippen LogP contribution in [-0.4, -0.2) is 29.7 Å². The van der Waals surface area contributed by atoms with Crippen molar-refractivity contribution in [3.05, 3.63) is 23.3 Å². The standard InChI is InChI=1S/C13H21N3O/c1-10-9-12(11-4-7-17-8-5-11)16-13(15-10)3-2-6-14/h9,11H,2-8,14H2,1H3. The molecule has 1 aliphatic rings. The second-order valence-corrected chi connectivity index (χ2v) is 4.63. The molecule has 2 rings (SSSR count). The summed E-state index contributed by atoms with van der Waals surface area (Å²) in [5, 5.41) is 0. The van der Waals surface area contributed by atoms with Crippen LogP contribution in [0.4, 0.5) is 0 Å². The van der Waals surface area contributed by atoms with Crippen molar-refractivity contribution in [2.45, 2.75) is 38.5 Å². The van der Waals surface area contributed by atoms with Gasteiger partial charge in [-0.15, -0.1) is 0 Å². The summed E-state index contributed by atoms with van der Waals surface area (Å²) in [7, 11) is 0. The van der Waals surface area contributed by atoms with Crippen molar-refractivity contribution in [3.8, 4) is 0 Å². The molecule has 0 bridgehead atoms. The highest BCUT2D eigenvalue weighted by Gasteiger charge is 2.18. The maximum absolute atomic E-state index is 5.52. The summed E-state index contributed by atoms with van der Waals surface area (Å²) in [5.74, 6) is 1.49. The van der Waals surface area contributed by atoms with Gasteiger partial charge in [-0.25, -0.2) is 9.97 Å². The molecule has 0 spiro atoms. The highest BCUT2D eigenvalue weighted by atomic mass is 16.5. The molecule has 1 aromatic rings. The van der Waals surface area contributed by atoms with E-state index in [1.54, 1.807) is 0 Å². The van der Waals surface area contributed by atoms with Gasteiger partial charge in [0, 0.05) is 36.9 Å². The van der Waals surface area contributed by atoms with E-state index in [2.05, 4.69) is 16.0 Å². The SMILES string of the molecule is Cc1cc(C2CCOCC2)nc(CCCN)n1. The van der Waals surface area contributed by atoms with Crippen LogP contribution in [0.25, 0.3) is 0 Å². The van der Waals surface area contributed by atoms with Crippen LogP contribution < -0.4 is 5.73 Å². The van der Waals surface area contributed by atoms with E-state index in [4.69, 9.17) is 10.5 Å². The number of aryl methyl sites for hydroxylation is 2. The van der Waals surface area contributed by atoms with Gasteiger partial charge in [-0.3, -0.25) is 0 Å². The third-order valence-electron chi connectivity index (χ3n) is 3.16. The van der Waals surface area contributed by atoms with Gasteiger partial charge in [0.15, 0.2) is 0 Å². The Bertz CT molecular complexity index is 362. The average Bonchev–Trinajstić information content (AvgIpc) is 2.37. The van der Waals surface area contributed by atoms with Crippen molar-refractivity contribution in [3.63, 3.8) is 0 Å². The lowest BCUT2D eigenvalue weighted by Crippen LogP contribution is -2.16. The molecule has 4 heteroatoms. The van der Waals surface area contributed by atoms with Crippen molar-refractivity contribution < 1.29 is 4.74 Å². The minimum absolute atomic E-state index is 0.544. The lowest BCUT2D eigenvalue weighted by Gasteiger charge is -2.22. The summed E-state index contributed by atoms with van der Waals surface area (Å²) in [6.07, 6.45) is 3.99. The van der Waals surface area contributed by atoms with E-state index in [0.29, 0.717) is 12.5 Å². The topological polar surface area (TPSA) is 61.0 Å². The van der Waals surface area contributed by atoms with Crippen molar-refractivity contribution in [2.24, 2.45) is 5.73 Å². The van der Waals surface area contributed by atoms with Gasteiger partial charge in [0.2, 0.25) is 0 Å². The minimum Gasteiger partial charge on any atom is -0.381 e. The number of nitrogens with two attached hydrogens (primary N) is 1. The third kappa shape index (κ3) is 3.48. The van der Waals surface area contributed by atoms with Crippen molar-refractivity contribution in [1.82, 2.24) is 9.97 Å². The second-order valence-electron chi connectivity index (χ2n) is 4.63. The molecule has 0 saturated carbocycles. The van der Waals surface area contributed by atoms with Gasteiger partial charge in [-0.1, -0.05) is 0 Å². The Morgan fingerprint density at radius 2 is 2.12 bits per heavy atom. The van der Waals surface area contributed by atoms with Gasteiger partial charge in [-0.05, 0) is 38.8 Å². The predicted molar refractivity (Wildman–Crippen MR) is 66.9 cm³/mol. The Balaban J connectivity index is 2.12. The lowest BCUT2D eigenvalue weighted by atomic mass is 9.96. The van der Waals surface area contributed by atoms with E-state index in [9.17, 15) is 0 Å². The van der Waals surface area contributed by atoms with E-state index >= 15 is 0 Å². The fourth-order valence-electron chi connectivity index (χ4n) is 2.23. The Kier molecular flexibility index (Phi) is 4.45. The number of hydrogen-bond acceptors (Lipinski definition) is 4. The molecule has 0 unspecified atom stereocenters. The zero-order chi connectivity index (χ0) is 12.1. The molecular weight excluding hydrogens is 214 g/mol. The summed E-state index contributed by atoms with van der Waals surface area (Å²) < 4.78 is 5.39. The Hall–Kier alpha value is -1.00. The predicted octanol–water partition coefficient (Wildman–Crippen LogP) is 1.57. The van der Waals surface area contributed by atoms with Crippen LogP contribution in [0.2, 0.25) is 0 Å². The van der Waals surface area contributed by atoms with Gasteiger partial charge in [0.1, 0.15) is 5.82 Å². The first-order valence-electron chi connectivity index (χ1n) is 6.42. The van der Waals surface area contributed by atoms with Crippen molar-refractivity contribution in [1.29, 1.82) is 0 Å². The number of hydrogen-bond donors (Lipinski definition) is 1. The maximum atomic E-state index is 5.52. The van der Waals surface area contributed by atoms with Crippen LogP contribution in [0.1, 0.15) is 42.4 Å². The molecule has 94 valence electrons. The molecule has 2 heterocycles. The quantitative estimate of drug-likeness (QED) is 0.860. The molecular formula is C13H21N3O. The first-order valence-corrected chi connectivity index (χ1v) is 6.42. The Labute approximate surface area is 103 Å². The van der Waals surface area contributed by atoms with Crippen LogP contribution in [0.3, 0.4) is 0 Å². The number of rotatable bonds is 4. The minimum atomic E-state index is 0.544. The maximum Gasteiger partial charge on any atom is 0.128 e. The van der Waals surface area contributed by atoms with Crippen LogP contribution in [0.5, 0.6) is 0 Å². The van der Waals surface area contributed by atoms with Crippen LogP contribution >= 0.6 is 0 Å². The summed E-state index contributed by atoms with van der Waals surface area (Å²) in [6, 6.07) is 2.11. The van der Waals surface area contributed by atoms with Gasteiger partial charge in [-0.2, -0.15) is 0 Å². The zero-order valence-electron chi connectivity index (χ0n) is 10.5. The molecule has 1 aromatic heterocycles. The van der Waals surface area contributed by atoms with Crippen LogP contribution in [0, 0.1) is 6.92 Å². The first-order chi connectivity index (χ1) is 8.29. The molecule has 4 nitrogen and oxygen atoms in total. The van der Waals surface area contributed by atoms with Gasteiger partial charge in [0.25, 0.3) is 0 Å². The van der Waals surface area contributed by atoms with Gasteiger partial charge < -0.3 is 10.5 Å². The fourth-order valence-corrected chi connectivity index (χ4v) is 2.23. The molecule has 1 fully saturated rings. The highest BCUT2D eigenvalue weighted by molar-refractivity contribution is 5.15. The number of aromatic nitrogens is 2. The number of nitrogens with zero attached hydrogens (tertiary/aromatic N) is 2. The Morgan fingerprint density at radius 1 is 1.35 bits per heavy atom. The smallest absolute Gasteiger partial charge is 0.128 e. The molecule has 17 heavy (non-hydrogen) atoms. The van der Waals surface area contributed by atoms with E-state index < -0.39 is 0 Å². The molecule has 1 saturated heterocycles. The fraction of sp³-hybridized carbons (Fsp3) is 0.692. The summed E-state index contributed by atoms with van der Waals surface area (Å²) >= 11 is 0. The summed E-state index contributed by atoms with van der Waals surface area (Å²) in [6.45, 7) is 4.44. The van der Waals surface area contributed by atoms with Crippen LogP contribution in [-0.2, 0) is 11.2 Å². The lowest BCUT2D eigenvalue weighted by molar-refractivity contribution is 0.0844. The largest absolute Gasteiger partial charge is 0.381 e. The van der Waals surface area contributed by atoms with Crippen LogP contribution in [0.15, 0.2) is 6.07 Å². The normalized spacial score (nSPS) is 17.3.